The first kappa shape index (κ1) is 37.7. The lowest BCUT2D eigenvalue weighted by Crippen LogP contribution is -2.49. The molecule has 0 fully saturated rings. The Morgan fingerprint density at radius 3 is 1.20 bits per heavy atom. The molecule has 0 saturated carbocycles. The summed E-state index contributed by atoms with van der Waals surface area (Å²) < 4.78 is 0. The van der Waals surface area contributed by atoms with Crippen molar-refractivity contribution >= 4 is 72.3 Å². The van der Waals surface area contributed by atoms with E-state index < -0.39 is 8.07 Å². The molecule has 0 N–H and O–H groups in total. The molecule has 0 aromatic heterocycles. The van der Waals surface area contributed by atoms with Gasteiger partial charge >= 0.3 is 0 Å². The number of hydrogen-bond donors (Lipinski definition) is 0. The van der Waals surface area contributed by atoms with Crippen LogP contribution < -0.4 is 10.4 Å². The van der Waals surface area contributed by atoms with Crippen molar-refractivity contribution in [2.45, 2.75) is 13.1 Å². The molecule has 304 valence electrons. The molecule has 65 heavy (non-hydrogen) atoms. The molecule has 12 aromatic carbocycles. The summed E-state index contributed by atoms with van der Waals surface area (Å²) in [7, 11) is -2.05. The first-order valence-electron chi connectivity index (χ1n) is 22.8. The molecule has 0 nitrogen and oxygen atoms in total. The standard InChI is InChI=1S/C64H44Si/c1-65(2)61-33-10-9-29-55(61)57-39-59-60(40-62(57)65)64(48-25-12-23-45(37-48)53-31-14-20-42-17-4-7-27-50(42)53)58-38-46(54-32-15-21-43-18-5-8-28-51(43)54)34-35-56(58)63(59)47-24-11-22-44(36-47)52-30-13-19-41-16-3-6-26-49(41)52/h3-40H,1-2H3. The molecule has 0 amide bonds. The maximum absolute atomic E-state index is 2.62. The Morgan fingerprint density at radius 2 is 0.631 bits per heavy atom. The average molecular weight is 841 g/mol. The van der Waals surface area contributed by atoms with Crippen molar-refractivity contribution in [3.05, 3.63) is 231 Å². The second kappa shape index (κ2) is 14.6. The Bertz CT molecular complexity index is 3910. The molecule has 12 aromatic rings. The maximum atomic E-state index is 2.62. The van der Waals surface area contributed by atoms with Gasteiger partial charge in [0, 0.05) is 0 Å². The van der Waals surface area contributed by atoms with Gasteiger partial charge in [0.05, 0.1) is 0 Å². The molecule has 0 aliphatic carbocycles. The van der Waals surface area contributed by atoms with E-state index in [-0.39, 0.29) is 0 Å². The number of fused-ring (bicyclic) bond motifs is 8. The van der Waals surface area contributed by atoms with Crippen LogP contribution in [-0.4, -0.2) is 8.07 Å². The fraction of sp³-hybridized carbons (Fsp3) is 0.0312. The highest BCUT2D eigenvalue weighted by Crippen LogP contribution is 2.48. The zero-order valence-corrected chi connectivity index (χ0v) is 37.4. The molecule has 0 radical (unpaired) electrons. The van der Waals surface area contributed by atoms with Gasteiger partial charge in [0.25, 0.3) is 0 Å². The van der Waals surface area contributed by atoms with Gasteiger partial charge < -0.3 is 0 Å². The quantitative estimate of drug-likeness (QED) is 0.120. The fourth-order valence-corrected chi connectivity index (χ4v) is 14.4. The molecule has 0 saturated heterocycles. The fourth-order valence-electron chi connectivity index (χ4n) is 11.3. The van der Waals surface area contributed by atoms with Crippen molar-refractivity contribution in [2.24, 2.45) is 0 Å². The normalized spacial score (nSPS) is 12.9. The summed E-state index contributed by atoms with van der Waals surface area (Å²) >= 11 is 0. The average Bonchev–Trinajstić information content (AvgIpc) is 3.58. The molecular weight excluding hydrogens is 797 g/mol. The lowest BCUT2D eigenvalue weighted by molar-refractivity contribution is 1.62. The molecule has 1 aliphatic rings. The van der Waals surface area contributed by atoms with Gasteiger partial charge in [0.1, 0.15) is 8.07 Å². The topological polar surface area (TPSA) is 0 Å². The molecular formula is C64H44Si. The van der Waals surface area contributed by atoms with E-state index in [0.29, 0.717) is 0 Å². The van der Waals surface area contributed by atoms with Gasteiger partial charge in [-0.05, 0) is 155 Å². The number of benzene rings is 12. The van der Waals surface area contributed by atoms with Crippen LogP contribution in [0.3, 0.4) is 0 Å². The number of hydrogen-bond acceptors (Lipinski definition) is 0. The Balaban J connectivity index is 1.17. The highest BCUT2D eigenvalue weighted by molar-refractivity contribution is 7.04. The molecule has 0 bridgehead atoms. The Hall–Kier alpha value is -7.84. The first-order valence-corrected chi connectivity index (χ1v) is 25.8. The minimum absolute atomic E-state index is 1.22. The van der Waals surface area contributed by atoms with Gasteiger partial charge in [-0.2, -0.15) is 0 Å². The van der Waals surface area contributed by atoms with Crippen molar-refractivity contribution in [1.82, 2.24) is 0 Å². The van der Waals surface area contributed by atoms with Gasteiger partial charge in [-0.1, -0.05) is 219 Å². The summed E-state index contributed by atoms with van der Waals surface area (Å²) in [6.45, 7) is 5.08. The summed E-state index contributed by atoms with van der Waals surface area (Å²) in [5.41, 5.74) is 15.2. The number of rotatable bonds is 5. The summed E-state index contributed by atoms with van der Waals surface area (Å²) in [5, 5.41) is 15.7. The lowest BCUT2D eigenvalue weighted by atomic mass is 9.82. The zero-order chi connectivity index (χ0) is 43.2. The summed E-state index contributed by atoms with van der Waals surface area (Å²) in [4.78, 5) is 0. The third-order valence-corrected chi connectivity index (χ3v) is 18.0. The van der Waals surface area contributed by atoms with Crippen molar-refractivity contribution in [3.63, 3.8) is 0 Å². The van der Waals surface area contributed by atoms with E-state index in [4.69, 9.17) is 0 Å². The van der Waals surface area contributed by atoms with E-state index in [0.717, 1.165) is 0 Å². The molecule has 0 atom stereocenters. The highest BCUT2D eigenvalue weighted by atomic mass is 28.3. The van der Waals surface area contributed by atoms with Crippen LogP contribution in [0.25, 0.3) is 121 Å². The van der Waals surface area contributed by atoms with Gasteiger partial charge in [0.2, 0.25) is 0 Å². The van der Waals surface area contributed by atoms with Gasteiger partial charge in [0.15, 0.2) is 0 Å². The van der Waals surface area contributed by atoms with Crippen LogP contribution >= 0.6 is 0 Å². The van der Waals surface area contributed by atoms with Crippen molar-refractivity contribution < 1.29 is 0 Å². The van der Waals surface area contributed by atoms with E-state index in [1.165, 1.54) is 131 Å². The lowest BCUT2D eigenvalue weighted by Gasteiger charge is -2.23. The third-order valence-electron chi connectivity index (χ3n) is 14.4. The maximum Gasteiger partial charge on any atom is 0.113 e. The molecule has 1 heteroatoms. The van der Waals surface area contributed by atoms with Gasteiger partial charge in [-0.3, -0.25) is 0 Å². The molecule has 0 spiro atoms. The van der Waals surface area contributed by atoms with Crippen LogP contribution in [0.2, 0.25) is 13.1 Å². The largest absolute Gasteiger partial charge is 0.113 e. The van der Waals surface area contributed by atoms with Crippen LogP contribution in [0, 0.1) is 0 Å². The molecule has 13 rings (SSSR count). The Morgan fingerprint density at radius 1 is 0.231 bits per heavy atom. The van der Waals surface area contributed by atoms with Crippen molar-refractivity contribution in [3.8, 4) is 66.8 Å². The summed E-state index contributed by atoms with van der Waals surface area (Å²) in [6, 6.07) is 86.8. The smallest absolute Gasteiger partial charge is 0.0623 e. The Kier molecular flexibility index (Phi) is 8.47. The van der Waals surface area contributed by atoms with Crippen LogP contribution in [0.4, 0.5) is 0 Å². The first-order chi connectivity index (χ1) is 32.0. The summed E-state index contributed by atoms with van der Waals surface area (Å²) in [5.74, 6) is 0. The van der Waals surface area contributed by atoms with Gasteiger partial charge in [-0.25, -0.2) is 0 Å². The van der Waals surface area contributed by atoms with Crippen LogP contribution in [0.15, 0.2) is 231 Å². The van der Waals surface area contributed by atoms with Gasteiger partial charge in [-0.15, -0.1) is 0 Å². The van der Waals surface area contributed by atoms with E-state index in [9.17, 15) is 0 Å². The minimum atomic E-state index is -2.05. The van der Waals surface area contributed by atoms with E-state index in [2.05, 4.69) is 244 Å². The summed E-state index contributed by atoms with van der Waals surface area (Å²) in [6.07, 6.45) is 0. The second-order valence-electron chi connectivity index (χ2n) is 18.4. The van der Waals surface area contributed by atoms with E-state index >= 15 is 0 Å². The second-order valence-corrected chi connectivity index (χ2v) is 22.7. The van der Waals surface area contributed by atoms with Crippen LogP contribution in [0.5, 0.6) is 0 Å². The Labute approximate surface area is 380 Å². The predicted molar refractivity (Wildman–Crippen MR) is 283 cm³/mol. The monoisotopic (exact) mass is 840 g/mol. The molecule has 1 aliphatic heterocycles. The predicted octanol–water partition coefficient (Wildman–Crippen LogP) is 16.6. The minimum Gasteiger partial charge on any atom is -0.0623 e. The molecule has 1 heterocycles. The van der Waals surface area contributed by atoms with Crippen molar-refractivity contribution in [1.29, 1.82) is 0 Å². The zero-order valence-electron chi connectivity index (χ0n) is 36.4. The van der Waals surface area contributed by atoms with Crippen molar-refractivity contribution in [2.75, 3.05) is 0 Å². The SMILES string of the molecule is C[Si]1(C)c2ccccc2-c2cc3c(-c4cccc(-c5cccc6ccccc56)c4)c4ccc(-c5cccc6ccccc56)cc4c(-c4cccc(-c5cccc6ccccc56)c4)c3cc21. The molecule has 0 unspecified atom stereocenters. The third kappa shape index (κ3) is 5.89. The van der Waals surface area contributed by atoms with E-state index in [1.807, 2.05) is 0 Å². The van der Waals surface area contributed by atoms with E-state index in [1.54, 1.807) is 0 Å². The van der Waals surface area contributed by atoms with Crippen LogP contribution in [0.1, 0.15) is 0 Å². The van der Waals surface area contributed by atoms with Crippen LogP contribution in [-0.2, 0) is 0 Å². The highest BCUT2D eigenvalue weighted by Gasteiger charge is 2.38.